The third-order valence-corrected chi connectivity index (χ3v) is 3.14. The highest BCUT2D eigenvalue weighted by molar-refractivity contribution is 7.09. The fourth-order valence-electron chi connectivity index (χ4n) is 1.25. The lowest BCUT2D eigenvalue weighted by molar-refractivity contribution is -0.139. The van der Waals surface area contributed by atoms with Crippen LogP contribution in [-0.2, 0) is 4.79 Å². The first-order valence-electron chi connectivity index (χ1n) is 5.23. The number of aromatic nitrogens is 1. The SMILES string of the molecule is CC[C@@H](NC(=O)NC(C)c1nccs1)C(=O)O. The molecule has 1 aromatic rings. The Balaban J connectivity index is 2.47. The predicted molar refractivity (Wildman–Crippen MR) is 63.9 cm³/mol. The molecule has 0 aliphatic heterocycles. The van der Waals surface area contributed by atoms with Crippen LogP contribution in [0.3, 0.4) is 0 Å². The Morgan fingerprint density at radius 3 is 2.71 bits per heavy atom. The Hall–Kier alpha value is -1.63. The van der Waals surface area contributed by atoms with Gasteiger partial charge in [-0.05, 0) is 13.3 Å². The van der Waals surface area contributed by atoms with E-state index in [0.717, 1.165) is 5.01 Å². The van der Waals surface area contributed by atoms with Crippen molar-refractivity contribution in [2.75, 3.05) is 0 Å². The third kappa shape index (κ3) is 4.03. The van der Waals surface area contributed by atoms with Gasteiger partial charge in [-0.3, -0.25) is 0 Å². The fraction of sp³-hybridized carbons (Fsp3) is 0.500. The predicted octanol–water partition coefficient (Wildman–Crippen LogP) is 1.37. The Labute approximate surface area is 103 Å². The summed E-state index contributed by atoms with van der Waals surface area (Å²) in [7, 11) is 0. The highest BCUT2D eigenvalue weighted by Gasteiger charge is 2.19. The molecular weight excluding hydrogens is 242 g/mol. The van der Waals surface area contributed by atoms with Gasteiger partial charge in [0.2, 0.25) is 0 Å². The number of urea groups is 1. The van der Waals surface area contributed by atoms with Gasteiger partial charge in [0.15, 0.2) is 0 Å². The molecule has 0 radical (unpaired) electrons. The molecule has 2 amide bonds. The zero-order chi connectivity index (χ0) is 12.8. The second kappa shape index (κ2) is 6.19. The number of rotatable bonds is 5. The lowest BCUT2D eigenvalue weighted by atomic mass is 10.2. The van der Waals surface area contributed by atoms with Gasteiger partial charge in [-0.25, -0.2) is 14.6 Å². The van der Waals surface area contributed by atoms with Crippen LogP contribution in [0.5, 0.6) is 0 Å². The van der Waals surface area contributed by atoms with Crippen molar-refractivity contribution in [1.82, 2.24) is 15.6 Å². The van der Waals surface area contributed by atoms with E-state index in [4.69, 9.17) is 5.11 Å². The van der Waals surface area contributed by atoms with Crippen molar-refractivity contribution < 1.29 is 14.7 Å². The van der Waals surface area contributed by atoms with Crippen LogP contribution in [-0.4, -0.2) is 28.1 Å². The molecule has 0 spiro atoms. The summed E-state index contributed by atoms with van der Waals surface area (Å²) in [6.45, 7) is 3.49. The second-order valence-corrected chi connectivity index (χ2v) is 4.44. The summed E-state index contributed by atoms with van der Waals surface area (Å²) in [6, 6.07) is -1.60. The van der Waals surface area contributed by atoms with Crippen LogP contribution in [0.4, 0.5) is 4.79 Å². The van der Waals surface area contributed by atoms with Gasteiger partial charge < -0.3 is 15.7 Å². The van der Waals surface area contributed by atoms with Gasteiger partial charge >= 0.3 is 12.0 Å². The van der Waals surface area contributed by atoms with E-state index < -0.39 is 18.0 Å². The lowest BCUT2D eigenvalue weighted by Gasteiger charge is -2.16. The molecule has 0 aliphatic carbocycles. The standard InChI is InChI=1S/C10H15N3O3S/c1-3-7(9(14)15)13-10(16)12-6(2)8-11-4-5-17-8/h4-7H,3H2,1-2H3,(H,14,15)(H2,12,13,16)/t6?,7-/m1/s1. The molecule has 1 rings (SSSR count). The number of nitrogens with one attached hydrogen (secondary N) is 2. The van der Waals surface area contributed by atoms with E-state index in [2.05, 4.69) is 15.6 Å². The Kier molecular flexibility index (Phi) is 4.89. The van der Waals surface area contributed by atoms with Crippen molar-refractivity contribution in [1.29, 1.82) is 0 Å². The molecule has 17 heavy (non-hydrogen) atoms. The van der Waals surface area contributed by atoms with Gasteiger partial charge in [-0.2, -0.15) is 0 Å². The number of carboxylic acid groups (broad SMARTS) is 1. The Morgan fingerprint density at radius 2 is 2.24 bits per heavy atom. The van der Waals surface area contributed by atoms with Gasteiger partial charge in [0.05, 0.1) is 6.04 Å². The van der Waals surface area contributed by atoms with Crippen molar-refractivity contribution in [2.24, 2.45) is 0 Å². The van der Waals surface area contributed by atoms with Gasteiger partial charge in [-0.1, -0.05) is 6.92 Å². The third-order valence-electron chi connectivity index (χ3n) is 2.18. The fourth-order valence-corrected chi connectivity index (χ4v) is 1.89. The van der Waals surface area contributed by atoms with Gasteiger partial charge in [0.1, 0.15) is 11.0 Å². The summed E-state index contributed by atoms with van der Waals surface area (Å²) < 4.78 is 0. The van der Waals surface area contributed by atoms with Crippen molar-refractivity contribution in [3.05, 3.63) is 16.6 Å². The molecule has 0 aliphatic rings. The normalized spacial score (nSPS) is 13.8. The van der Waals surface area contributed by atoms with E-state index in [-0.39, 0.29) is 6.04 Å². The molecule has 6 nitrogen and oxygen atoms in total. The van der Waals surface area contributed by atoms with Crippen LogP contribution < -0.4 is 10.6 Å². The van der Waals surface area contributed by atoms with Crippen LogP contribution in [0.25, 0.3) is 0 Å². The smallest absolute Gasteiger partial charge is 0.326 e. The minimum Gasteiger partial charge on any atom is -0.480 e. The number of thiazole rings is 1. The van der Waals surface area contributed by atoms with Crippen LogP contribution in [0, 0.1) is 0 Å². The summed E-state index contributed by atoms with van der Waals surface area (Å²) in [5.74, 6) is -1.04. The van der Waals surface area contributed by atoms with Crippen molar-refractivity contribution in [2.45, 2.75) is 32.4 Å². The number of aliphatic carboxylic acids is 1. The molecule has 0 aromatic carbocycles. The molecule has 94 valence electrons. The van der Waals surface area contributed by atoms with Crippen molar-refractivity contribution in [3.63, 3.8) is 0 Å². The minimum atomic E-state index is -1.04. The molecule has 0 bridgehead atoms. The zero-order valence-corrected chi connectivity index (χ0v) is 10.5. The molecule has 1 heterocycles. The first-order valence-corrected chi connectivity index (χ1v) is 6.11. The molecular formula is C10H15N3O3S. The monoisotopic (exact) mass is 257 g/mol. The highest BCUT2D eigenvalue weighted by atomic mass is 32.1. The van der Waals surface area contributed by atoms with Crippen LogP contribution >= 0.6 is 11.3 Å². The first kappa shape index (κ1) is 13.4. The average Bonchev–Trinajstić information content (AvgIpc) is 2.78. The lowest BCUT2D eigenvalue weighted by Crippen LogP contribution is -2.46. The van der Waals surface area contributed by atoms with E-state index >= 15 is 0 Å². The van der Waals surface area contributed by atoms with E-state index in [1.807, 2.05) is 5.38 Å². The van der Waals surface area contributed by atoms with Crippen molar-refractivity contribution >= 4 is 23.3 Å². The molecule has 3 N–H and O–H groups in total. The summed E-state index contributed by atoms with van der Waals surface area (Å²) in [5, 5.41) is 16.4. The minimum absolute atomic E-state index is 0.235. The summed E-state index contributed by atoms with van der Waals surface area (Å²) in [6.07, 6.45) is 2.00. The summed E-state index contributed by atoms with van der Waals surface area (Å²) >= 11 is 1.43. The number of hydrogen-bond acceptors (Lipinski definition) is 4. The summed E-state index contributed by atoms with van der Waals surface area (Å²) in [5.41, 5.74) is 0. The average molecular weight is 257 g/mol. The Morgan fingerprint density at radius 1 is 1.53 bits per heavy atom. The van der Waals surface area contributed by atoms with Crippen LogP contribution in [0.2, 0.25) is 0 Å². The molecule has 0 saturated heterocycles. The highest BCUT2D eigenvalue weighted by Crippen LogP contribution is 2.14. The van der Waals surface area contributed by atoms with Gasteiger partial charge in [0, 0.05) is 11.6 Å². The molecule has 1 aromatic heterocycles. The van der Waals surface area contributed by atoms with Crippen LogP contribution in [0.1, 0.15) is 31.3 Å². The van der Waals surface area contributed by atoms with Crippen LogP contribution in [0.15, 0.2) is 11.6 Å². The Bertz CT molecular complexity index is 380. The van der Waals surface area contributed by atoms with Gasteiger partial charge in [-0.15, -0.1) is 11.3 Å². The number of amides is 2. The number of carboxylic acids is 1. The number of carbonyl (C=O) groups excluding carboxylic acids is 1. The maximum absolute atomic E-state index is 11.5. The number of carbonyl (C=O) groups is 2. The maximum Gasteiger partial charge on any atom is 0.326 e. The largest absolute Gasteiger partial charge is 0.480 e. The van der Waals surface area contributed by atoms with E-state index in [1.165, 1.54) is 11.3 Å². The van der Waals surface area contributed by atoms with Crippen molar-refractivity contribution in [3.8, 4) is 0 Å². The number of nitrogens with zero attached hydrogens (tertiary/aromatic N) is 1. The molecule has 0 fully saturated rings. The maximum atomic E-state index is 11.5. The first-order chi connectivity index (χ1) is 8.04. The van der Waals surface area contributed by atoms with E-state index in [9.17, 15) is 9.59 Å². The molecule has 7 heteroatoms. The molecule has 2 atom stereocenters. The van der Waals surface area contributed by atoms with Gasteiger partial charge in [0.25, 0.3) is 0 Å². The second-order valence-electron chi connectivity index (χ2n) is 3.51. The molecule has 0 saturated carbocycles. The molecule has 1 unspecified atom stereocenters. The summed E-state index contributed by atoms with van der Waals surface area (Å²) in [4.78, 5) is 26.3. The van der Waals surface area contributed by atoms with E-state index in [1.54, 1.807) is 20.0 Å². The van der Waals surface area contributed by atoms with E-state index in [0.29, 0.717) is 6.42 Å². The topological polar surface area (TPSA) is 91.3 Å². The quantitative estimate of drug-likeness (QED) is 0.743. The zero-order valence-electron chi connectivity index (χ0n) is 9.64. The number of hydrogen-bond donors (Lipinski definition) is 3.